The Kier molecular flexibility index (Phi) is 7.37. The summed E-state index contributed by atoms with van der Waals surface area (Å²) in [5.41, 5.74) is 8.16. The van der Waals surface area contributed by atoms with Gasteiger partial charge >= 0.3 is 0 Å². The monoisotopic (exact) mass is 507 g/mol. The number of aromatic nitrogens is 2. The van der Waals surface area contributed by atoms with Crippen molar-refractivity contribution in [1.82, 2.24) is 10.1 Å². The van der Waals surface area contributed by atoms with E-state index in [1.165, 1.54) is 0 Å². The van der Waals surface area contributed by atoms with E-state index in [9.17, 15) is 8.78 Å². The van der Waals surface area contributed by atoms with E-state index < -0.39 is 25.9 Å². The number of anilines is 1. The molecule has 1 atom stereocenters. The SMILES string of the molecule is Cc1ccc(-c2nc(CC(O[Si](c3ccccc3)(c3ccccc3)C(C)(C)C)C(F)F)no2)cc1N. The predicted molar refractivity (Wildman–Crippen MR) is 141 cm³/mol. The van der Waals surface area contributed by atoms with Gasteiger partial charge in [0, 0.05) is 17.7 Å². The van der Waals surface area contributed by atoms with Crippen LogP contribution in [0.25, 0.3) is 11.5 Å². The molecular weight excluding hydrogens is 476 g/mol. The number of hydrogen-bond acceptors (Lipinski definition) is 5. The molecule has 0 aliphatic rings. The molecule has 5 nitrogen and oxygen atoms in total. The maximum absolute atomic E-state index is 14.6. The number of halogens is 2. The maximum Gasteiger partial charge on any atom is 0.263 e. The molecule has 4 aromatic rings. The highest BCUT2D eigenvalue weighted by molar-refractivity contribution is 6.99. The van der Waals surface area contributed by atoms with Crippen molar-refractivity contribution < 1.29 is 17.7 Å². The second-order valence-corrected chi connectivity index (χ2v) is 14.2. The first-order valence-corrected chi connectivity index (χ1v) is 13.8. The van der Waals surface area contributed by atoms with Crippen molar-refractivity contribution in [2.24, 2.45) is 0 Å². The van der Waals surface area contributed by atoms with E-state index in [1.54, 1.807) is 6.07 Å². The smallest absolute Gasteiger partial charge is 0.263 e. The van der Waals surface area contributed by atoms with E-state index in [4.69, 9.17) is 14.7 Å². The first-order valence-electron chi connectivity index (χ1n) is 11.9. The Balaban J connectivity index is 1.72. The Bertz CT molecular complexity index is 1250. The molecule has 2 N–H and O–H groups in total. The zero-order valence-electron chi connectivity index (χ0n) is 20.9. The number of benzene rings is 3. The Morgan fingerprint density at radius 1 is 0.944 bits per heavy atom. The Morgan fingerprint density at radius 2 is 1.53 bits per heavy atom. The first kappa shape index (κ1) is 25.7. The summed E-state index contributed by atoms with van der Waals surface area (Å²) in [6, 6.07) is 24.8. The molecule has 1 aromatic heterocycles. The first-order chi connectivity index (χ1) is 17.1. The molecule has 1 heterocycles. The van der Waals surface area contributed by atoms with Crippen LogP contribution < -0.4 is 16.1 Å². The Hall–Kier alpha value is -3.36. The van der Waals surface area contributed by atoms with Gasteiger partial charge in [0.15, 0.2) is 5.82 Å². The van der Waals surface area contributed by atoms with Crippen LogP contribution in [0, 0.1) is 6.92 Å². The van der Waals surface area contributed by atoms with E-state index in [0.717, 1.165) is 15.9 Å². The van der Waals surface area contributed by atoms with Crippen LogP contribution in [0.15, 0.2) is 83.4 Å². The van der Waals surface area contributed by atoms with E-state index in [2.05, 4.69) is 30.9 Å². The number of nitrogens with two attached hydrogens (primary N) is 1. The highest BCUT2D eigenvalue weighted by atomic mass is 28.4. The van der Waals surface area contributed by atoms with Gasteiger partial charge < -0.3 is 14.7 Å². The summed E-state index contributed by atoms with van der Waals surface area (Å²) in [4.78, 5) is 4.38. The van der Waals surface area contributed by atoms with E-state index in [1.807, 2.05) is 79.7 Å². The van der Waals surface area contributed by atoms with Crippen LogP contribution in [0.2, 0.25) is 5.04 Å². The van der Waals surface area contributed by atoms with Crippen molar-refractivity contribution in [3.05, 3.63) is 90.3 Å². The molecule has 0 fully saturated rings. The summed E-state index contributed by atoms with van der Waals surface area (Å²) in [6.45, 7) is 8.05. The molecule has 0 aliphatic carbocycles. The van der Waals surface area contributed by atoms with Gasteiger partial charge in [0.1, 0.15) is 6.10 Å². The average Bonchev–Trinajstić information content (AvgIpc) is 3.32. The van der Waals surface area contributed by atoms with Gasteiger partial charge in [0.2, 0.25) is 0 Å². The maximum atomic E-state index is 14.6. The van der Waals surface area contributed by atoms with Gasteiger partial charge in [-0.25, -0.2) is 8.78 Å². The molecule has 0 spiro atoms. The molecule has 0 radical (unpaired) electrons. The standard InChI is InChI=1S/C28H31F2N3O2Si/c1-19-15-16-20(17-23(19)31)27-32-25(33-34-27)18-24(26(29)30)35-36(28(2,3)4,21-11-7-5-8-12-21)22-13-9-6-10-14-22/h5-17,24,26H,18,31H2,1-4H3. The van der Waals surface area contributed by atoms with Crippen molar-refractivity contribution in [2.75, 3.05) is 5.73 Å². The lowest BCUT2D eigenvalue weighted by atomic mass is 10.1. The van der Waals surface area contributed by atoms with Gasteiger partial charge in [-0.15, -0.1) is 0 Å². The summed E-state index contributed by atoms with van der Waals surface area (Å²) in [5.74, 6) is 0.391. The predicted octanol–water partition coefficient (Wildman–Crippen LogP) is 5.38. The molecule has 8 heteroatoms. The highest BCUT2D eigenvalue weighted by Gasteiger charge is 2.52. The zero-order chi connectivity index (χ0) is 25.9. The van der Waals surface area contributed by atoms with Gasteiger partial charge in [-0.05, 0) is 40.0 Å². The molecule has 1 unspecified atom stereocenters. The second kappa shape index (κ2) is 10.3. The summed E-state index contributed by atoms with van der Waals surface area (Å²) in [5, 5.41) is 5.40. The summed E-state index contributed by atoms with van der Waals surface area (Å²) in [7, 11) is -3.18. The van der Waals surface area contributed by atoms with E-state index in [-0.39, 0.29) is 18.1 Å². The third kappa shape index (κ3) is 5.10. The summed E-state index contributed by atoms with van der Waals surface area (Å²) in [6.07, 6.45) is -4.36. The van der Waals surface area contributed by atoms with Crippen molar-refractivity contribution in [3.63, 3.8) is 0 Å². The minimum absolute atomic E-state index is 0.160. The lowest BCUT2D eigenvalue weighted by Gasteiger charge is -2.45. The van der Waals surface area contributed by atoms with Gasteiger partial charge in [0.25, 0.3) is 20.6 Å². The average molecular weight is 508 g/mol. The number of aryl methyl sites for hydroxylation is 1. The number of hydrogen-bond donors (Lipinski definition) is 1. The van der Waals surface area contributed by atoms with Crippen LogP contribution in [-0.4, -0.2) is 31.0 Å². The molecule has 0 saturated carbocycles. The number of nitrogens with zero attached hydrogens (tertiary/aromatic N) is 2. The Labute approximate surface area is 211 Å². The molecule has 3 aromatic carbocycles. The van der Waals surface area contributed by atoms with Crippen LogP contribution in [0.4, 0.5) is 14.5 Å². The fourth-order valence-electron chi connectivity index (χ4n) is 4.51. The minimum Gasteiger partial charge on any atom is -0.398 e. The summed E-state index contributed by atoms with van der Waals surface area (Å²) < 4.78 is 41.1. The lowest BCUT2D eigenvalue weighted by Crippen LogP contribution is -2.68. The van der Waals surface area contributed by atoms with Crippen molar-refractivity contribution >= 4 is 24.4 Å². The number of alkyl halides is 2. The Morgan fingerprint density at radius 3 is 2.03 bits per heavy atom. The van der Waals surface area contributed by atoms with Crippen LogP contribution >= 0.6 is 0 Å². The second-order valence-electron chi connectivity index (χ2n) is 9.95. The van der Waals surface area contributed by atoms with Gasteiger partial charge in [-0.1, -0.05) is 92.7 Å². The molecule has 36 heavy (non-hydrogen) atoms. The van der Waals surface area contributed by atoms with Crippen LogP contribution in [0.3, 0.4) is 0 Å². The highest BCUT2D eigenvalue weighted by Crippen LogP contribution is 2.38. The lowest BCUT2D eigenvalue weighted by molar-refractivity contribution is 0.00506. The third-order valence-electron chi connectivity index (χ3n) is 6.40. The minimum atomic E-state index is -3.18. The van der Waals surface area contributed by atoms with Crippen LogP contribution in [0.5, 0.6) is 0 Å². The zero-order valence-corrected chi connectivity index (χ0v) is 21.9. The molecule has 0 amide bonds. The summed E-state index contributed by atoms with van der Waals surface area (Å²) >= 11 is 0. The van der Waals surface area contributed by atoms with Gasteiger partial charge in [-0.3, -0.25) is 0 Å². The normalized spacial score (nSPS) is 13.2. The topological polar surface area (TPSA) is 74.2 Å². The molecular formula is C28H31F2N3O2Si. The molecule has 0 bridgehead atoms. The van der Waals surface area contributed by atoms with Crippen molar-refractivity contribution in [3.8, 4) is 11.5 Å². The van der Waals surface area contributed by atoms with Gasteiger partial charge in [-0.2, -0.15) is 4.98 Å². The molecule has 0 saturated heterocycles. The molecule has 4 rings (SSSR count). The fraction of sp³-hybridized carbons (Fsp3) is 0.286. The fourth-order valence-corrected chi connectivity index (χ4v) is 9.16. The van der Waals surface area contributed by atoms with E-state index in [0.29, 0.717) is 11.3 Å². The van der Waals surface area contributed by atoms with Crippen molar-refractivity contribution in [1.29, 1.82) is 0 Å². The quantitative estimate of drug-likeness (QED) is 0.256. The van der Waals surface area contributed by atoms with E-state index >= 15 is 0 Å². The molecule has 0 aliphatic heterocycles. The third-order valence-corrected chi connectivity index (χ3v) is 11.5. The number of nitrogen functional groups attached to an aromatic ring is 1. The largest absolute Gasteiger partial charge is 0.398 e. The van der Waals surface area contributed by atoms with Crippen LogP contribution in [-0.2, 0) is 10.8 Å². The molecule has 188 valence electrons. The van der Waals surface area contributed by atoms with Crippen molar-refractivity contribution in [2.45, 2.75) is 51.7 Å². The van der Waals surface area contributed by atoms with Gasteiger partial charge in [0.05, 0.1) is 0 Å². The number of rotatable bonds is 8. The van der Waals surface area contributed by atoms with Crippen LogP contribution in [0.1, 0.15) is 32.2 Å².